The molecule has 0 saturated heterocycles. The fourth-order valence-electron chi connectivity index (χ4n) is 2.30. The lowest BCUT2D eigenvalue weighted by Crippen LogP contribution is -2.12. The van der Waals surface area contributed by atoms with Gasteiger partial charge in [0.25, 0.3) is 0 Å². The molecule has 0 fully saturated rings. The standard InChI is InChI=1S/C18H11F3O4/c19-18(20,21)13-3-1-2-11(8-13)9-17(23)24-14-6-4-12-5-7-16(22)25-15(12)10-14/h1-8,10H,9H2. The van der Waals surface area contributed by atoms with Crippen molar-refractivity contribution < 1.29 is 27.1 Å². The zero-order valence-electron chi connectivity index (χ0n) is 12.7. The highest BCUT2D eigenvalue weighted by Gasteiger charge is 2.30. The van der Waals surface area contributed by atoms with Crippen LogP contribution in [0.2, 0.25) is 0 Å². The van der Waals surface area contributed by atoms with E-state index in [2.05, 4.69) is 0 Å². The van der Waals surface area contributed by atoms with Crippen LogP contribution in [0.3, 0.4) is 0 Å². The third kappa shape index (κ3) is 4.06. The molecular formula is C18H11F3O4. The van der Waals surface area contributed by atoms with E-state index >= 15 is 0 Å². The fraction of sp³-hybridized carbons (Fsp3) is 0.111. The van der Waals surface area contributed by atoms with E-state index in [1.807, 2.05) is 0 Å². The second kappa shape index (κ2) is 6.43. The van der Waals surface area contributed by atoms with E-state index in [0.717, 1.165) is 12.1 Å². The average Bonchev–Trinajstić information content (AvgIpc) is 2.53. The van der Waals surface area contributed by atoms with Crippen LogP contribution in [0.5, 0.6) is 5.75 Å². The van der Waals surface area contributed by atoms with Gasteiger partial charge in [0.05, 0.1) is 12.0 Å². The summed E-state index contributed by atoms with van der Waals surface area (Å²) < 4.78 is 48.1. The van der Waals surface area contributed by atoms with E-state index < -0.39 is 23.3 Å². The van der Waals surface area contributed by atoms with Gasteiger partial charge < -0.3 is 9.15 Å². The predicted molar refractivity (Wildman–Crippen MR) is 83.3 cm³/mol. The summed E-state index contributed by atoms with van der Waals surface area (Å²) in [6.07, 6.45) is -4.80. The maximum Gasteiger partial charge on any atom is 0.416 e. The van der Waals surface area contributed by atoms with E-state index in [1.54, 1.807) is 12.1 Å². The van der Waals surface area contributed by atoms with Gasteiger partial charge in [-0.1, -0.05) is 18.2 Å². The zero-order chi connectivity index (χ0) is 18.0. The predicted octanol–water partition coefficient (Wildman–Crippen LogP) is 3.96. The van der Waals surface area contributed by atoms with Crippen molar-refractivity contribution in [3.63, 3.8) is 0 Å². The number of hydrogen-bond acceptors (Lipinski definition) is 4. The van der Waals surface area contributed by atoms with Gasteiger partial charge in [-0.3, -0.25) is 4.79 Å². The van der Waals surface area contributed by atoms with Gasteiger partial charge in [0.2, 0.25) is 0 Å². The summed E-state index contributed by atoms with van der Waals surface area (Å²) in [6, 6.07) is 11.8. The molecule has 0 aliphatic heterocycles. The third-order valence-electron chi connectivity index (χ3n) is 3.43. The summed E-state index contributed by atoms with van der Waals surface area (Å²) in [7, 11) is 0. The molecule has 1 aromatic heterocycles. The van der Waals surface area contributed by atoms with E-state index in [0.29, 0.717) is 5.39 Å². The quantitative estimate of drug-likeness (QED) is 0.408. The van der Waals surface area contributed by atoms with Crippen molar-refractivity contribution >= 4 is 16.9 Å². The molecule has 3 rings (SSSR count). The van der Waals surface area contributed by atoms with Crippen molar-refractivity contribution in [2.45, 2.75) is 12.6 Å². The molecule has 0 saturated carbocycles. The molecule has 0 N–H and O–H groups in total. The van der Waals surface area contributed by atoms with Crippen molar-refractivity contribution in [2.24, 2.45) is 0 Å². The molecule has 0 radical (unpaired) electrons. The van der Waals surface area contributed by atoms with Gasteiger partial charge in [0.15, 0.2) is 0 Å². The molecule has 0 unspecified atom stereocenters. The van der Waals surface area contributed by atoms with Gasteiger partial charge in [0.1, 0.15) is 11.3 Å². The van der Waals surface area contributed by atoms with E-state index in [9.17, 15) is 22.8 Å². The maximum atomic E-state index is 12.7. The Hall–Kier alpha value is -3.09. The van der Waals surface area contributed by atoms with Crippen molar-refractivity contribution in [3.8, 4) is 5.75 Å². The van der Waals surface area contributed by atoms with Crippen molar-refractivity contribution in [1.82, 2.24) is 0 Å². The van der Waals surface area contributed by atoms with Crippen LogP contribution in [0, 0.1) is 0 Å². The normalized spacial score (nSPS) is 11.5. The molecule has 3 aromatic rings. The van der Waals surface area contributed by atoms with Gasteiger partial charge in [-0.25, -0.2) is 4.79 Å². The summed E-state index contributed by atoms with van der Waals surface area (Å²) >= 11 is 0. The highest BCUT2D eigenvalue weighted by molar-refractivity contribution is 5.80. The van der Waals surface area contributed by atoms with Crippen LogP contribution < -0.4 is 10.4 Å². The largest absolute Gasteiger partial charge is 0.426 e. The lowest BCUT2D eigenvalue weighted by molar-refractivity contribution is -0.138. The molecule has 0 atom stereocenters. The third-order valence-corrected chi connectivity index (χ3v) is 3.43. The summed E-state index contributed by atoms with van der Waals surface area (Å²) in [5.74, 6) is -0.587. The minimum Gasteiger partial charge on any atom is -0.426 e. The monoisotopic (exact) mass is 348 g/mol. The number of ether oxygens (including phenoxy) is 1. The zero-order valence-corrected chi connectivity index (χ0v) is 12.7. The van der Waals surface area contributed by atoms with Gasteiger partial charge >= 0.3 is 17.8 Å². The topological polar surface area (TPSA) is 56.5 Å². The molecule has 2 aromatic carbocycles. The highest BCUT2D eigenvalue weighted by Crippen LogP contribution is 2.29. The highest BCUT2D eigenvalue weighted by atomic mass is 19.4. The van der Waals surface area contributed by atoms with Crippen LogP contribution in [0.25, 0.3) is 11.0 Å². The number of esters is 1. The molecule has 128 valence electrons. The number of alkyl halides is 3. The first kappa shape index (κ1) is 16.8. The average molecular weight is 348 g/mol. The fourth-order valence-corrected chi connectivity index (χ4v) is 2.30. The Bertz CT molecular complexity index is 989. The Morgan fingerprint density at radius 1 is 1.04 bits per heavy atom. The second-order valence-corrected chi connectivity index (χ2v) is 5.30. The maximum absolute atomic E-state index is 12.7. The number of fused-ring (bicyclic) bond motifs is 1. The van der Waals surface area contributed by atoms with Crippen molar-refractivity contribution in [2.75, 3.05) is 0 Å². The molecule has 25 heavy (non-hydrogen) atoms. The van der Waals surface area contributed by atoms with Crippen LogP contribution in [-0.2, 0) is 17.4 Å². The first-order valence-corrected chi connectivity index (χ1v) is 7.22. The minimum atomic E-state index is -4.48. The van der Waals surface area contributed by atoms with Crippen molar-refractivity contribution in [1.29, 1.82) is 0 Å². The van der Waals surface area contributed by atoms with Crippen LogP contribution in [0.4, 0.5) is 13.2 Å². The first-order valence-electron chi connectivity index (χ1n) is 7.22. The first-order chi connectivity index (χ1) is 11.8. The Morgan fingerprint density at radius 2 is 1.80 bits per heavy atom. The van der Waals surface area contributed by atoms with Gasteiger partial charge in [-0.2, -0.15) is 13.2 Å². The number of rotatable bonds is 3. The van der Waals surface area contributed by atoms with Crippen molar-refractivity contribution in [3.05, 3.63) is 76.1 Å². The summed E-state index contributed by atoms with van der Waals surface area (Å²) in [5, 5.41) is 0.650. The Morgan fingerprint density at radius 3 is 2.56 bits per heavy atom. The summed E-state index contributed by atoms with van der Waals surface area (Å²) in [5.41, 5.74) is -0.936. The Labute approximate surface area is 139 Å². The SMILES string of the molecule is O=C(Cc1cccc(C(F)(F)F)c1)Oc1ccc2ccc(=O)oc2c1. The van der Waals surface area contributed by atoms with Crippen LogP contribution in [0.1, 0.15) is 11.1 Å². The van der Waals surface area contributed by atoms with Crippen LogP contribution in [0.15, 0.2) is 63.8 Å². The molecule has 0 bridgehead atoms. The number of carbonyl (C=O) groups excluding carboxylic acids is 1. The second-order valence-electron chi connectivity index (χ2n) is 5.30. The van der Waals surface area contributed by atoms with E-state index in [1.165, 1.54) is 30.3 Å². The van der Waals surface area contributed by atoms with Gasteiger partial charge in [-0.05, 0) is 29.8 Å². The van der Waals surface area contributed by atoms with Crippen LogP contribution in [-0.4, -0.2) is 5.97 Å². The number of halogens is 3. The molecule has 1 heterocycles. The smallest absolute Gasteiger partial charge is 0.416 e. The molecule has 4 nitrogen and oxygen atoms in total. The minimum absolute atomic E-state index is 0.138. The molecule has 7 heteroatoms. The molecular weight excluding hydrogens is 337 g/mol. The molecule has 0 spiro atoms. The number of carbonyl (C=O) groups is 1. The lowest BCUT2D eigenvalue weighted by Gasteiger charge is -2.09. The van der Waals surface area contributed by atoms with Gasteiger partial charge in [-0.15, -0.1) is 0 Å². The van der Waals surface area contributed by atoms with E-state index in [4.69, 9.17) is 9.15 Å². The number of hydrogen-bond donors (Lipinski definition) is 0. The lowest BCUT2D eigenvalue weighted by atomic mass is 10.1. The summed E-state index contributed by atoms with van der Waals surface area (Å²) in [6.45, 7) is 0. The van der Waals surface area contributed by atoms with Gasteiger partial charge in [0, 0.05) is 17.5 Å². The number of benzene rings is 2. The Kier molecular flexibility index (Phi) is 4.31. The van der Waals surface area contributed by atoms with Crippen LogP contribution >= 0.6 is 0 Å². The van der Waals surface area contributed by atoms with E-state index in [-0.39, 0.29) is 23.3 Å². The molecule has 0 aliphatic carbocycles. The Balaban J connectivity index is 1.75. The summed E-state index contributed by atoms with van der Waals surface area (Å²) in [4.78, 5) is 23.2. The molecule has 0 aliphatic rings. The molecule has 0 amide bonds.